The first-order valence-electron chi connectivity index (χ1n) is 9.90. The number of carboxylic acids is 1. The highest BCUT2D eigenvalue weighted by molar-refractivity contribution is 5.70. The largest absolute Gasteiger partial charge is 0.481 e. The molecule has 0 fully saturated rings. The molecular weight excluding hydrogens is 392 g/mol. The second-order valence-electron chi connectivity index (χ2n) is 7.18. The average Bonchev–Trinajstić information content (AvgIpc) is 3.24. The first kappa shape index (κ1) is 20.4. The topological polar surface area (TPSA) is 97.0 Å². The molecule has 0 saturated heterocycles. The van der Waals surface area contributed by atoms with Crippen molar-refractivity contribution in [2.24, 2.45) is 0 Å². The minimum atomic E-state index is -0.850. The summed E-state index contributed by atoms with van der Waals surface area (Å²) in [6.07, 6.45) is 5.46. The fourth-order valence-corrected chi connectivity index (χ4v) is 3.28. The Hall–Kier alpha value is -3.91. The van der Waals surface area contributed by atoms with E-state index in [9.17, 15) is 4.79 Å². The van der Waals surface area contributed by atoms with Crippen LogP contribution in [0.25, 0.3) is 5.69 Å². The molecule has 0 bridgehead atoms. The van der Waals surface area contributed by atoms with Crippen molar-refractivity contribution in [2.75, 3.05) is 0 Å². The van der Waals surface area contributed by atoms with E-state index < -0.39 is 5.97 Å². The van der Waals surface area contributed by atoms with Gasteiger partial charge in [0, 0.05) is 32.0 Å². The number of rotatable bonds is 9. The maximum atomic E-state index is 10.9. The van der Waals surface area contributed by atoms with Crippen molar-refractivity contribution in [1.29, 1.82) is 0 Å². The molecule has 3 heterocycles. The van der Waals surface area contributed by atoms with Gasteiger partial charge in [0.2, 0.25) is 0 Å². The molecule has 4 aromatic rings. The van der Waals surface area contributed by atoms with E-state index in [1.54, 1.807) is 29.2 Å². The molecule has 8 nitrogen and oxygen atoms in total. The van der Waals surface area contributed by atoms with Gasteiger partial charge in [-0.25, -0.2) is 4.68 Å². The molecule has 8 heteroatoms. The van der Waals surface area contributed by atoms with Crippen molar-refractivity contribution in [2.45, 2.75) is 26.1 Å². The maximum Gasteiger partial charge on any atom is 0.307 e. The lowest BCUT2D eigenvalue weighted by atomic mass is 10.1. The van der Waals surface area contributed by atoms with E-state index in [1.807, 2.05) is 54.7 Å². The summed E-state index contributed by atoms with van der Waals surface area (Å²) >= 11 is 0. The van der Waals surface area contributed by atoms with E-state index in [0.717, 1.165) is 28.3 Å². The number of benzene rings is 1. The van der Waals surface area contributed by atoms with Gasteiger partial charge < -0.3 is 5.11 Å². The van der Waals surface area contributed by atoms with E-state index in [-0.39, 0.29) is 6.42 Å². The molecule has 0 aliphatic carbocycles. The number of aromatic nitrogens is 5. The number of carbonyl (C=O) groups is 1. The van der Waals surface area contributed by atoms with Gasteiger partial charge in [0.25, 0.3) is 0 Å². The van der Waals surface area contributed by atoms with Crippen LogP contribution in [0.5, 0.6) is 0 Å². The lowest BCUT2D eigenvalue weighted by molar-refractivity contribution is -0.136. The van der Waals surface area contributed by atoms with Crippen molar-refractivity contribution in [3.05, 3.63) is 102 Å². The number of pyridine rings is 2. The van der Waals surface area contributed by atoms with Crippen LogP contribution in [0, 0.1) is 0 Å². The number of aliphatic carboxylic acids is 1. The Labute approximate surface area is 179 Å². The second-order valence-corrected chi connectivity index (χ2v) is 7.18. The van der Waals surface area contributed by atoms with E-state index in [4.69, 9.17) is 5.11 Å². The fraction of sp³-hybridized carbons (Fsp3) is 0.174. The molecule has 3 aromatic heterocycles. The summed E-state index contributed by atoms with van der Waals surface area (Å²) in [4.78, 5) is 21.9. The van der Waals surface area contributed by atoms with Gasteiger partial charge in [-0.15, -0.1) is 5.10 Å². The minimum absolute atomic E-state index is 0.00110. The zero-order valence-electron chi connectivity index (χ0n) is 16.9. The summed E-state index contributed by atoms with van der Waals surface area (Å²) in [5.41, 5.74) is 4.34. The third kappa shape index (κ3) is 5.80. The van der Waals surface area contributed by atoms with Gasteiger partial charge in [0.1, 0.15) is 0 Å². The molecule has 0 aliphatic heterocycles. The van der Waals surface area contributed by atoms with Crippen LogP contribution < -0.4 is 0 Å². The van der Waals surface area contributed by atoms with E-state index in [0.29, 0.717) is 19.6 Å². The highest BCUT2D eigenvalue weighted by atomic mass is 16.4. The van der Waals surface area contributed by atoms with Crippen molar-refractivity contribution < 1.29 is 9.90 Å². The standard InChI is InChI=1S/C23H22N6O2/c30-23(31)13-18-7-9-22(10-8-18)29-17-21(26-27-29)16-28(14-19-5-1-3-11-24-19)15-20-6-2-4-12-25-20/h1-12,17H,13-16H2,(H,30,31). The van der Waals surface area contributed by atoms with Gasteiger partial charge in [-0.2, -0.15) is 0 Å². The van der Waals surface area contributed by atoms with Crippen LogP contribution in [0.4, 0.5) is 0 Å². The number of hydrogen-bond acceptors (Lipinski definition) is 6. The Morgan fingerprint density at radius 1 is 0.839 bits per heavy atom. The predicted molar refractivity (Wildman–Crippen MR) is 114 cm³/mol. The molecule has 4 rings (SSSR count). The van der Waals surface area contributed by atoms with Gasteiger partial charge >= 0.3 is 5.97 Å². The lowest BCUT2D eigenvalue weighted by Gasteiger charge is -2.20. The molecule has 31 heavy (non-hydrogen) atoms. The summed E-state index contributed by atoms with van der Waals surface area (Å²) < 4.78 is 1.69. The molecule has 1 aromatic carbocycles. The van der Waals surface area contributed by atoms with Crippen LogP contribution in [0.15, 0.2) is 79.3 Å². The number of nitrogens with zero attached hydrogens (tertiary/aromatic N) is 6. The predicted octanol–water partition coefficient (Wildman–Crippen LogP) is 2.89. The molecule has 1 N–H and O–H groups in total. The lowest BCUT2D eigenvalue weighted by Crippen LogP contribution is -2.23. The molecule has 156 valence electrons. The van der Waals surface area contributed by atoms with E-state index in [2.05, 4.69) is 25.2 Å². The molecular formula is C23H22N6O2. The minimum Gasteiger partial charge on any atom is -0.481 e. The maximum absolute atomic E-state index is 10.9. The zero-order valence-corrected chi connectivity index (χ0v) is 16.9. The van der Waals surface area contributed by atoms with Gasteiger partial charge in [-0.05, 0) is 42.0 Å². The highest BCUT2D eigenvalue weighted by Crippen LogP contribution is 2.13. The normalized spacial score (nSPS) is 11.0. The van der Waals surface area contributed by atoms with Gasteiger partial charge in [-0.3, -0.25) is 19.7 Å². The van der Waals surface area contributed by atoms with Crippen molar-refractivity contribution in [1.82, 2.24) is 29.9 Å². The third-order valence-corrected chi connectivity index (χ3v) is 4.71. The van der Waals surface area contributed by atoms with Gasteiger partial charge in [0.05, 0.1) is 35.4 Å². The van der Waals surface area contributed by atoms with Crippen LogP contribution >= 0.6 is 0 Å². The fourth-order valence-electron chi connectivity index (χ4n) is 3.28. The molecule has 0 unspecified atom stereocenters. The number of carboxylic acid groups (broad SMARTS) is 1. The van der Waals surface area contributed by atoms with Crippen molar-refractivity contribution >= 4 is 5.97 Å². The van der Waals surface area contributed by atoms with Crippen LogP contribution in [0.1, 0.15) is 22.6 Å². The van der Waals surface area contributed by atoms with Crippen molar-refractivity contribution in [3.8, 4) is 5.69 Å². The zero-order chi connectivity index (χ0) is 21.5. The van der Waals surface area contributed by atoms with Crippen LogP contribution in [-0.4, -0.2) is 40.9 Å². The highest BCUT2D eigenvalue weighted by Gasteiger charge is 2.13. The quantitative estimate of drug-likeness (QED) is 0.450. The Kier molecular flexibility index (Phi) is 6.39. The van der Waals surface area contributed by atoms with Crippen LogP contribution in [0.3, 0.4) is 0 Å². The second kappa shape index (κ2) is 9.73. The first-order valence-corrected chi connectivity index (χ1v) is 9.90. The summed E-state index contributed by atoms with van der Waals surface area (Å²) in [5, 5.41) is 17.5. The monoisotopic (exact) mass is 414 g/mol. The first-order chi connectivity index (χ1) is 15.2. The summed E-state index contributed by atoms with van der Waals surface area (Å²) in [5.74, 6) is -0.850. The summed E-state index contributed by atoms with van der Waals surface area (Å²) in [6.45, 7) is 1.91. The smallest absolute Gasteiger partial charge is 0.307 e. The Morgan fingerprint density at radius 3 is 2.00 bits per heavy atom. The van der Waals surface area contributed by atoms with Crippen molar-refractivity contribution in [3.63, 3.8) is 0 Å². The van der Waals surface area contributed by atoms with E-state index >= 15 is 0 Å². The van der Waals surface area contributed by atoms with Gasteiger partial charge in [0.15, 0.2) is 0 Å². The molecule has 0 aliphatic rings. The Bertz CT molecular complexity index is 1070. The summed E-state index contributed by atoms with van der Waals surface area (Å²) in [7, 11) is 0. The average molecular weight is 414 g/mol. The van der Waals surface area contributed by atoms with Crippen LogP contribution in [-0.2, 0) is 30.8 Å². The SMILES string of the molecule is O=C(O)Cc1ccc(-n2cc(CN(Cc3ccccn3)Cc3ccccn3)nn2)cc1. The molecule has 0 saturated carbocycles. The molecule has 0 atom stereocenters. The Balaban J connectivity index is 1.49. The van der Waals surface area contributed by atoms with E-state index in [1.165, 1.54) is 0 Å². The third-order valence-electron chi connectivity index (χ3n) is 4.71. The molecule has 0 spiro atoms. The molecule has 0 amide bonds. The summed E-state index contributed by atoms with van der Waals surface area (Å²) in [6, 6.07) is 19.0. The molecule has 0 radical (unpaired) electrons. The number of hydrogen-bond donors (Lipinski definition) is 1. The van der Waals surface area contributed by atoms with Gasteiger partial charge in [-0.1, -0.05) is 29.5 Å². The van der Waals surface area contributed by atoms with Crippen LogP contribution in [0.2, 0.25) is 0 Å². The Morgan fingerprint density at radius 2 is 1.45 bits per heavy atom.